The van der Waals surface area contributed by atoms with Gasteiger partial charge in [-0.2, -0.15) is 0 Å². The average molecular weight is 527 g/mol. The van der Waals surface area contributed by atoms with Gasteiger partial charge in [-0.05, 0) is 52.7 Å². The fourth-order valence-corrected chi connectivity index (χ4v) is 3.58. The van der Waals surface area contributed by atoms with E-state index in [-0.39, 0.29) is 28.6 Å². The van der Waals surface area contributed by atoms with Crippen LogP contribution in [0.15, 0.2) is 48.7 Å². The molecule has 0 radical (unpaired) electrons. The van der Waals surface area contributed by atoms with E-state index in [0.717, 1.165) is 11.6 Å². The van der Waals surface area contributed by atoms with Crippen LogP contribution in [-0.2, 0) is 11.2 Å². The van der Waals surface area contributed by atoms with Crippen LogP contribution in [0.3, 0.4) is 0 Å². The van der Waals surface area contributed by atoms with Crippen LogP contribution in [0.5, 0.6) is 0 Å². The molecule has 202 valence electrons. The van der Waals surface area contributed by atoms with Crippen molar-refractivity contribution in [2.75, 3.05) is 10.6 Å². The molecule has 0 unspecified atom stereocenters. The monoisotopic (exact) mass is 526 g/mol. The molecule has 0 saturated carbocycles. The zero-order valence-corrected chi connectivity index (χ0v) is 21.9. The van der Waals surface area contributed by atoms with E-state index in [2.05, 4.69) is 25.9 Å². The summed E-state index contributed by atoms with van der Waals surface area (Å²) in [5.74, 6) is -2.61. The van der Waals surface area contributed by atoms with E-state index >= 15 is 4.39 Å². The van der Waals surface area contributed by atoms with Crippen molar-refractivity contribution in [3.63, 3.8) is 0 Å². The minimum Gasteiger partial charge on any atom is -0.444 e. The Morgan fingerprint density at radius 3 is 2.37 bits per heavy atom. The Balaban J connectivity index is 1.94. The lowest BCUT2D eigenvalue weighted by Crippen LogP contribution is -2.47. The molecule has 0 fully saturated rings. The van der Waals surface area contributed by atoms with Crippen LogP contribution in [0.2, 0.25) is 0 Å². The normalized spacial score (nSPS) is 12.8. The zero-order chi connectivity index (χ0) is 28.0. The molecule has 0 aliphatic heterocycles. The second-order valence-corrected chi connectivity index (χ2v) is 9.87. The van der Waals surface area contributed by atoms with Crippen molar-refractivity contribution in [1.29, 1.82) is 0 Å². The fourth-order valence-electron chi connectivity index (χ4n) is 3.58. The maximum atomic E-state index is 15.1. The van der Waals surface area contributed by atoms with E-state index in [1.54, 1.807) is 27.7 Å². The van der Waals surface area contributed by atoms with Gasteiger partial charge in [-0.3, -0.25) is 9.78 Å². The number of primary amides is 1. The van der Waals surface area contributed by atoms with Crippen molar-refractivity contribution in [2.45, 2.75) is 58.7 Å². The fraction of sp³-hybridized carbons (Fsp3) is 0.333. The van der Waals surface area contributed by atoms with Crippen LogP contribution in [0, 0.1) is 18.6 Å². The van der Waals surface area contributed by atoms with Gasteiger partial charge in [0.1, 0.15) is 17.2 Å². The third-order valence-electron chi connectivity index (χ3n) is 5.50. The SMILES string of the molecule is Cc1ncc(Nc2nc(N[C@H](Cc3ccccc3)[C@H](C)NC(=O)OC(C)(C)C)c(F)cc2C(N)=O)cc1F. The van der Waals surface area contributed by atoms with Gasteiger partial charge in [0.15, 0.2) is 11.6 Å². The Kier molecular flexibility index (Phi) is 8.82. The number of aromatic nitrogens is 2. The van der Waals surface area contributed by atoms with Gasteiger partial charge in [0.2, 0.25) is 0 Å². The van der Waals surface area contributed by atoms with Gasteiger partial charge in [0.25, 0.3) is 5.91 Å². The topological polar surface area (TPSA) is 131 Å². The number of ether oxygens (including phenoxy) is 1. The number of anilines is 3. The van der Waals surface area contributed by atoms with Crippen LogP contribution in [-0.4, -0.2) is 39.7 Å². The minimum atomic E-state index is -0.924. The molecule has 0 bridgehead atoms. The Hall–Kier alpha value is -4.28. The Labute approximate surface area is 220 Å². The predicted octanol–water partition coefficient (Wildman–Crippen LogP) is 4.84. The molecule has 0 spiro atoms. The first kappa shape index (κ1) is 28.3. The summed E-state index contributed by atoms with van der Waals surface area (Å²) < 4.78 is 34.5. The number of alkyl carbamates (subject to hydrolysis) is 1. The van der Waals surface area contributed by atoms with Gasteiger partial charge in [-0.1, -0.05) is 30.3 Å². The summed E-state index contributed by atoms with van der Waals surface area (Å²) in [4.78, 5) is 32.6. The highest BCUT2D eigenvalue weighted by molar-refractivity contribution is 5.98. The molecule has 2 aromatic heterocycles. The molecular weight excluding hydrogens is 494 g/mol. The van der Waals surface area contributed by atoms with E-state index in [1.807, 2.05) is 30.3 Å². The molecule has 38 heavy (non-hydrogen) atoms. The molecule has 0 saturated heterocycles. The highest BCUT2D eigenvalue weighted by Gasteiger charge is 2.25. The largest absolute Gasteiger partial charge is 0.444 e. The number of nitrogens with two attached hydrogens (primary N) is 1. The van der Waals surface area contributed by atoms with Gasteiger partial charge < -0.3 is 26.4 Å². The van der Waals surface area contributed by atoms with Gasteiger partial charge in [-0.15, -0.1) is 0 Å². The van der Waals surface area contributed by atoms with Crippen molar-refractivity contribution in [3.8, 4) is 0 Å². The Morgan fingerprint density at radius 2 is 1.76 bits per heavy atom. The number of carbonyl (C=O) groups excluding carboxylic acids is 2. The lowest BCUT2D eigenvalue weighted by molar-refractivity contribution is 0.0503. The van der Waals surface area contributed by atoms with Gasteiger partial charge in [0, 0.05) is 12.1 Å². The number of benzene rings is 1. The first-order valence-electron chi connectivity index (χ1n) is 12.0. The highest BCUT2D eigenvalue weighted by atomic mass is 19.1. The summed E-state index contributed by atoms with van der Waals surface area (Å²) in [6.07, 6.45) is 1.12. The number of nitrogens with zero attached hydrogens (tertiary/aromatic N) is 2. The van der Waals surface area contributed by atoms with E-state index in [4.69, 9.17) is 10.5 Å². The summed E-state index contributed by atoms with van der Waals surface area (Å²) in [7, 11) is 0. The third kappa shape index (κ3) is 7.86. The third-order valence-corrected chi connectivity index (χ3v) is 5.50. The standard InChI is InChI=1S/C27H32F2N6O3/c1-15-20(28)12-18(14-31-15)33-24-19(23(30)36)13-21(29)25(35-24)34-22(11-17-9-7-6-8-10-17)16(2)32-26(37)38-27(3,4)5/h6-10,12-14,16,22H,11H2,1-5H3,(H2,30,36)(H,32,37)(H2,33,34,35)/t16-,22+/m0/s1. The first-order chi connectivity index (χ1) is 17.8. The molecular formula is C27H32F2N6O3. The number of pyridine rings is 2. The molecule has 11 heteroatoms. The second-order valence-electron chi connectivity index (χ2n) is 9.87. The number of rotatable bonds is 9. The molecule has 1 aromatic carbocycles. The van der Waals surface area contributed by atoms with Gasteiger partial charge in [-0.25, -0.2) is 18.6 Å². The Bertz CT molecular complexity index is 1300. The lowest BCUT2D eigenvalue weighted by atomic mass is 10.00. The summed E-state index contributed by atoms with van der Waals surface area (Å²) in [6, 6.07) is 10.5. The molecule has 3 aromatic rings. The zero-order valence-electron chi connectivity index (χ0n) is 21.9. The number of hydrogen-bond acceptors (Lipinski definition) is 7. The van der Waals surface area contributed by atoms with Crippen molar-refractivity contribution >= 4 is 29.3 Å². The summed E-state index contributed by atoms with van der Waals surface area (Å²) in [5.41, 5.74) is 5.83. The van der Waals surface area contributed by atoms with Crippen LogP contribution < -0.4 is 21.7 Å². The summed E-state index contributed by atoms with van der Waals surface area (Å²) in [5, 5.41) is 8.61. The molecule has 2 heterocycles. The van der Waals surface area contributed by atoms with Gasteiger partial charge in [0.05, 0.1) is 29.2 Å². The van der Waals surface area contributed by atoms with Crippen molar-refractivity contribution in [2.24, 2.45) is 5.73 Å². The molecule has 9 nitrogen and oxygen atoms in total. The first-order valence-corrected chi connectivity index (χ1v) is 12.0. The van der Waals surface area contributed by atoms with Crippen LogP contribution in [0.1, 0.15) is 49.3 Å². The quantitative estimate of drug-likeness (QED) is 0.314. The number of amides is 2. The number of halogens is 2. The van der Waals surface area contributed by atoms with Crippen LogP contribution in [0.25, 0.3) is 0 Å². The lowest BCUT2D eigenvalue weighted by Gasteiger charge is -2.28. The minimum absolute atomic E-state index is 0.0855. The van der Waals surface area contributed by atoms with Crippen LogP contribution in [0.4, 0.5) is 30.9 Å². The molecule has 3 rings (SSSR count). The summed E-state index contributed by atoms with van der Waals surface area (Å²) >= 11 is 0. The van der Waals surface area contributed by atoms with Crippen molar-refractivity contribution < 1.29 is 23.1 Å². The maximum Gasteiger partial charge on any atom is 0.407 e. The average Bonchev–Trinajstić information content (AvgIpc) is 2.82. The number of carbonyl (C=O) groups is 2. The van der Waals surface area contributed by atoms with Crippen molar-refractivity contribution in [3.05, 3.63) is 77.1 Å². The predicted molar refractivity (Wildman–Crippen MR) is 141 cm³/mol. The van der Waals surface area contributed by atoms with E-state index < -0.39 is 41.3 Å². The summed E-state index contributed by atoms with van der Waals surface area (Å²) in [6.45, 7) is 8.51. The number of nitrogens with one attached hydrogen (secondary N) is 3. The Morgan fingerprint density at radius 1 is 1.08 bits per heavy atom. The molecule has 2 atom stereocenters. The van der Waals surface area contributed by atoms with Crippen LogP contribution >= 0.6 is 0 Å². The van der Waals surface area contributed by atoms with Gasteiger partial charge >= 0.3 is 6.09 Å². The van der Waals surface area contributed by atoms with Crippen molar-refractivity contribution in [1.82, 2.24) is 15.3 Å². The second kappa shape index (κ2) is 11.8. The van der Waals surface area contributed by atoms with E-state index in [0.29, 0.717) is 6.42 Å². The molecule has 2 amide bonds. The van der Waals surface area contributed by atoms with E-state index in [9.17, 15) is 14.0 Å². The smallest absolute Gasteiger partial charge is 0.407 e. The number of hydrogen-bond donors (Lipinski definition) is 4. The number of aryl methyl sites for hydroxylation is 1. The molecule has 5 N–H and O–H groups in total. The highest BCUT2D eigenvalue weighted by Crippen LogP contribution is 2.25. The molecule has 0 aliphatic rings. The van der Waals surface area contributed by atoms with E-state index in [1.165, 1.54) is 19.2 Å². The molecule has 0 aliphatic carbocycles. The maximum absolute atomic E-state index is 15.1.